The first kappa shape index (κ1) is 16.1. The number of aromatic nitrogens is 2. The lowest BCUT2D eigenvalue weighted by Gasteiger charge is -2.19. The Morgan fingerprint density at radius 2 is 1.28 bits per heavy atom. The molecule has 0 radical (unpaired) electrons. The van der Waals surface area contributed by atoms with Crippen molar-refractivity contribution in [2.45, 2.75) is 0 Å². The lowest BCUT2D eigenvalue weighted by Crippen LogP contribution is -2.20. The predicted molar refractivity (Wildman–Crippen MR) is 111 cm³/mol. The van der Waals surface area contributed by atoms with Crippen LogP contribution in [0.25, 0.3) is 11.3 Å². The van der Waals surface area contributed by atoms with Gasteiger partial charge in [0.2, 0.25) is 0 Å². The van der Waals surface area contributed by atoms with E-state index in [0.717, 1.165) is 11.3 Å². The van der Waals surface area contributed by atoms with Gasteiger partial charge in [-0.15, -0.1) is 0 Å². The molecule has 0 atom stereocenters. The van der Waals surface area contributed by atoms with Crippen molar-refractivity contribution in [3.05, 3.63) is 97.2 Å². The SMILES string of the molecule is Sn1ccc(-c2cccc(P(c3ccccc3)c3ccccc3)c2)n1. The third-order valence-electron chi connectivity index (χ3n) is 4.00. The fourth-order valence-electron chi connectivity index (χ4n) is 2.87. The number of thiol groups is 1. The maximum Gasteiger partial charge on any atom is 0.0933 e. The van der Waals surface area contributed by atoms with Crippen molar-refractivity contribution in [1.82, 2.24) is 9.19 Å². The molecule has 1 heterocycles. The van der Waals surface area contributed by atoms with E-state index in [9.17, 15) is 0 Å². The summed E-state index contributed by atoms with van der Waals surface area (Å²) in [5.74, 6) is 0. The lowest BCUT2D eigenvalue weighted by atomic mass is 10.2. The van der Waals surface area contributed by atoms with E-state index in [2.05, 4.69) is 103 Å². The molecule has 0 saturated carbocycles. The van der Waals surface area contributed by atoms with Gasteiger partial charge >= 0.3 is 0 Å². The lowest BCUT2D eigenvalue weighted by molar-refractivity contribution is 1.02. The minimum atomic E-state index is -0.599. The van der Waals surface area contributed by atoms with E-state index in [4.69, 9.17) is 0 Å². The standard InChI is InChI=1S/C21H17N2PS/c25-23-15-14-21(22-23)17-8-7-13-20(16-17)24(18-9-3-1-4-10-18)19-11-5-2-6-12-19/h1-16,25H. The molecule has 0 spiro atoms. The maximum atomic E-state index is 4.41. The molecule has 0 aliphatic carbocycles. The summed E-state index contributed by atoms with van der Waals surface area (Å²) >= 11 is 4.25. The van der Waals surface area contributed by atoms with Gasteiger partial charge in [-0.25, -0.2) is 4.09 Å². The summed E-state index contributed by atoms with van der Waals surface area (Å²) in [6.45, 7) is 0. The van der Waals surface area contributed by atoms with E-state index in [-0.39, 0.29) is 0 Å². The Bertz CT molecular complexity index is 928. The summed E-state index contributed by atoms with van der Waals surface area (Å²) in [6.07, 6.45) is 1.85. The highest BCUT2D eigenvalue weighted by molar-refractivity contribution is 7.79. The van der Waals surface area contributed by atoms with Gasteiger partial charge in [0.05, 0.1) is 5.69 Å². The van der Waals surface area contributed by atoms with Crippen LogP contribution < -0.4 is 15.9 Å². The number of benzene rings is 3. The first-order valence-electron chi connectivity index (χ1n) is 8.07. The van der Waals surface area contributed by atoms with Crippen molar-refractivity contribution in [3.63, 3.8) is 0 Å². The molecule has 0 aliphatic rings. The molecule has 1 aromatic heterocycles. The summed E-state index contributed by atoms with van der Waals surface area (Å²) in [5, 5.41) is 8.43. The Morgan fingerprint density at radius 3 is 1.84 bits per heavy atom. The molecule has 3 aromatic carbocycles. The van der Waals surface area contributed by atoms with Crippen molar-refractivity contribution in [1.29, 1.82) is 0 Å². The van der Waals surface area contributed by atoms with Gasteiger partial charge in [0.15, 0.2) is 0 Å². The Hall–Kier alpha value is -2.35. The smallest absolute Gasteiger partial charge is 0.0933 e. The van der Waals surface area contributed by atoms with E-state index >= 15 is 0 Å². The van der Waals surface area contributed by atoms with E-state index < -0.39 is 7.92 Å². The summed E-state index contributed by atoms with van der Waals surface area (Å²) in [5.41, 5.74) is 2.05. The fraction of sp³-hybridized carbons (Fsp3) is 0. The second-order valence-corrected chi connectivity index (χ2v) is 8.31. The minimum absolute atomic E-state index is 0.599. The molecule has 25 heavy (non-hydrogen) atoms. The van der Waals surface area contributed by atoms with Gasteiger partial charge in [0.1, 0.15) is 0 Å². The van der Waals surface area contributed by atoms with Gasteiger partial charge < -0.3 is 0 Å². The van der Waals surface area contributed by atoms with Crippen LogP contribution in [0.4, 0.5) is 0 Å². The van der Waals surface area contributed by atoms with Crippen LogP contribution in [-0.4, -0.2) is 9.19 Å². The molecule has 0 saturated heterocycles. The van der Waals surface area contributed by atoms with Crippen LogP contribution >= 0.6 is 20.7 Å². The van der Waals surface area contributed by atoms with Crippen molar-refractivity contribution in [2.75, 3.05) is 0 Å². The monoisotopic (exact) mass is 360 g/mol. The second kappa shape index (κ2) is 7.26. The Labute approximate surface area is 154 Å². The van der Waals surface area contributed by atoms with Crippen molar-refractivity contribution in [2.24, 2.45) is 0 Å². The summed E-state index contributed by atoms with van der Waals surface area (Å²) in [4.78, 5) is 0. The van der Waals surface area contributed by atoms with Gasteiger partial charge in [-0.05, 0) is 48.8 Å². The number of nitrogens with zero attached hydrogens (tertiary/aromatic N) is 2. The highest BCUT2D eigenvalue weighted by Crippen LogP contribution is 2.33. The van der Waals surface area contributed by atoms with Gasteiger partial charge in [-0.2, -0.15) is 5.10 Å². The number of hydrogen-bond donors (Lipinski definition) is 1. The Kier molecular flexibility index (Phi) is 4.69. The minimum Gasteiger partial charge on any atom is -0.217 e. The van der Waals surface area contributed by atoms with Gasteiger partial charge in [-0.1, -0.05) is 78.9 Å². The van der Waals surface area contributed by atoms with Crippen LogP contribution in [0, 0.1) is 0 Å². The number of hydrogen-bond acceptors (Lipinski definition) is 2. The van der Waals surface area contributed by atoms with Crippen molar-refractivity contribution in [3.8, 4) is 11.3 Å². The molecule has 0 bridgehead atoms. The molecular formula is C21H17N2PS. The summed E-state index contributed by atoms with van der Waals surface area (Å²) < 4.78 is 1.54. The van der Waals surface area contributed by atoms with E-state index in [0.29, 0.717) is 0 Å². The van der Waals surface area contributed by atoms with Crippen molar-refractivity contribution >= 4 is 36.7 Å². The molecular weight excluding hydrogens is 343 g/mol. The van der Waals surface area contributed by atoms with Gasteiger partial charge in [0.25, 0.3) is 0 Å². The zero-order valence-electron chi connectivity index (χ0n) is 13.5. The third-order valence-corrected chi connectivity index (χ3v) is 6.65. The molecule has 4 aromatic rings. The topological polar surface area (TPSA) is 17.8 Å². The van der Waals surface area contributed by atoms with Gasteiger partial charge in [0, 0.05) is 11.8 Å². The van der Waals surface area contributed by atoms with Crippen LogP contribution in [0.1, 0.15) is 0 Å². The summed E-state index contributed by atoms with van der Waals surface area (Å²) in [7, 11) is -0.599. The van der Waals surface area contributed by atoms with Crippen LogP contribution in [-0.2, 0) is 0 Å². The van der Waals surface area contributed by atoms with Crippen LogP contribution in [0.15, 0.2) is 97.2 Å². The van der Waals surface area contributed by atoms with E-state index in [1.807, 2.05) is 12.3 Å². The molecule has 0 fully saturated rings. The van der Waals surface area contributed by atoms with Crippen molar-refractivity contribution < 1.29 is 0 Å². The zero-order valence-corrected chi connectivity index (χ0v) is 15.3. The quantitative estimate of drug-likeness (QED) is 0.430. The largest absolute Gasteiger partial charge is 0.217 e. The number of rotatable bonds is 4. The van der Waals surface area contributed by atoms with E-state index in [1.165, 1.54) is 15.9 Å². The van der Waals surface area contributed by atoms with E-state index in [1.54, 1.807) is 4.09 Å². The molecule has 0 N–H and O–H groups in total. The van der Waals surface area contributed by atoms with Crippen LogP contribution in [0.5, 0.6) is 0 Å². The average Bonchev–Trinajstić information content (AvgIpc) is 3.11. The first-order chi connectivity index (χ1) is 12.3. The average molecular weight is 360 g/mol. The molecule has 0 unspecified atom stereocenters. The Balaban J connectivity index is 1.83. The first-order valence-corrected chi connectivity index (χ1v) is 9.81. The predicted octanol–water partition coefficient (Wildman–Crippen LogP) is 4.00. The molecule has 0 amide bonds. The fourth-order valence-corrected chi connectivity index (χ4v) is 5.38. The maximum absolute atomic E-state index is 4.41. The normalized spacial score (nSPS) is 11.0. The third kappa shape index (κ3) is 3.53. The highest BCUT2D eigenvalue weighted by atomic mass is 32.1. The highest BCUT2D eigenvalue weighted by Gasteiger charge is 2.16. The van der Waals surface area contributed by atoms with Crippen LogP contribution in [0.2, 0.25) is 0 Å². The Morgan fingerprint density at radius 1 is 0.680 bits per heavy atom. The zero-order chi connectivity index (χ0) is 17.1. The molecule has 122 valence electrons. The molecule has 4 rings (SSSR count). The molecule has 2 nitrogen and oxygen atoms in total. The van der Waals surface area contributed by atoms with Crippen LogP contribution in [0.3, 0.4) is 0 Å². The second-order valence-electron chi connectivity index (χ2n) is 5.68. The summed E-state index contributed by atoms with van der Waals surface area (Å²) in [6, 6.07) is 32.1. The molecule has 4 heteroatoms. The molecule has 0 aliphatic heterocycles. The van der Waals surface area contributed by atoms with Gasteiger partial charge in [-0.3, -0.25) is 0 Å².